The lowest BCUT2D eigenvalue weighted by Crippen LogP contribution is -2.44. The molecule has 0 N–H and O–H groups in total. The number of fused-ring (bicyclic) bond motifs is 2. The number of amides is 4. The molecule has 0 radical (unpaired) electrons. The number of ether oxygens (including phenoxy) is 4. The minimum absolute atomic E-state index is 0.298. The Labute approximate surface area is 672 Å². The number of unbranched alkanes of at least 4 members (excludes halogenated alkanes) is 36. The minimum Gasteiger partial charge on any atom is -0.457 e. The average Bonchev–Trinajstić information content (AvgIpc) is 0.671. The van der Waals surface area contributed by atoms with E-state index in [1.54, 1.807) is 24.3 Å². The molecule has 9 aromatic carbocycles. The van der Waals surface area contributed by atoms with Crippen LogP contribution in [0.4, 0.5) is 0 Å². The van der Waals surface area contributed by atoms with E-state index in [4.69, 9.17) is 18.9 Å². The second kappa shape index (κ2) is 43.9. The number of hydrogen-bond acceptors (Lipinski definition) is 8. The zero-order valence-electron chi connectivity index (χ0n) is 70.0. The third-order valence-electron chi connectivity index (χ3n) is 23.9. The summed E-state index contributed by atoms with van der Waals surface area (Å²) in [6.07, 6.45) is 54.4. The molecular formula is C102H134N2O8. The third-order valence-corrected chi connectivity index (χ3v) is 23.9. The highest BCUT2D eigenvalue weighted by Crippen LogP contribution is 2.58. The van der Waals surface area contributed by atoms with Crippen LogP contribution in [-0.2, 0) is 25.7 Å². The van der Waals surface area contributed by atoms with Crippen molar-refractivity contribution >= 4 is 66.7 Å². The van der Waals surface area contributed by atoms with Gasteiger partial charge in [0.1, 0.15) is 46.0 Å². The number of hydrogen-bond donors (Lipinski definition) is 0. The molecule has 10 heteroatoms. The predicted molar refractivity (Wildman–Crippen MR) is 467 cm³/mol. The first-order valence-electron chi connectivity index (χ1n) is 45.0. The van der Waals surface area contributed by atoms with Crippen molar-refractivity contribution in [3.05, 3.63) is 166 Å². The van der Waals surface area contributed by atoms with Crippen molar-refractivity contribution in [1.82, 2.24) is 9.80 Å². The van der Waals surface area contributed by atoms with Gasteiger partial charge in [-0.05, 0) is 174 Å². The lowest BCUT2D eigenvalue weighted by molar-refractivity contribution is 0.0547. The highest BCUT2D eigenvalue weighted by Gasteiger charge is 2.42. The van der Waals surface area contributed by atoms with Crippen LogP contribution >= 0.6 is 0 Å². The smallest absolute Gasteiger partial charge is 0.261 e. The summed E-state index contributed by atoms with van der Waals surface area (Å²) < 4.78 is 29.6. The topological polar surface area (TPSA) is 112 Å². The number of nitrogens with zero attached hydrogens (tertiary/aromatic N) is 2. The fourth-order valence-corrected chi connectivity index (χ4v) is 17.5. The minimum atomic E-state index is -0.504. The fraction of sp³-hybridized carbons (Fsp3) is 0.529. The van der Waals surface area contributed by atoms with Crippen LogP contribution in [-0.4, -0.2) is 45.5 Å². The summed E-state index contributed by atoms with van der Waals surface area (Å²) in [5, 5.41) is 4.04. The molecule has 0 unspecified atom stereocenters. The largest absolute Gasteiger partial charge is 0.457 e. The van der Waals surface area contributed by atoms with Gasteiger partial charge in [-0.1, -0.05) is 307 Å². The number of benzene rings is 9. The summed E-state index contributed by atoms with van der Waals surface area (Å²) in [4.78, 5) is 65.4. The molecule has 10 nitrogen and oxygen atoms in total. The molecule has 0 spiro atoms. The van der Waals surface area contributed by atoms with Crippen LogP contribution in [0.2, 0.25) is 0 Å². The van der Waals surface area contributed by atoms with E-state index in [2.05, 4.69) is 76.2 Å². The average molecular weight is 1520 g/mol. The highest BCUT2D eigenvalue weighted by molar-refractivity contribution is 6.45. The Kier molecular flexibility index (Phi) is 33.2. The molecule has 9 aromatic rings. The molecule has 600 valence electrons. The maximum absolute atomic E-state index is 15.7. The molecule has 2 aliphatic heterocycles. The normalized spacial score (nSPS) is 13.0. The number of carbonyl (C=O) groups is 4. The molecule has 112 heavy (non-hydrogen) atoms. The van der Waals surface area contributed by atoms with E-state index in [9.17, 15) is 0 Å². The number of rotatable bonds is 54. The maximum Gasteiger partial charge on any atom is 0.261 e. The van der Waals surface area contributed by atoms with Crippen LogP contribution < -0.4 is 18.9 Å². The maximum atomic E-state index is 15.7. The van der Waals surface area contributed by atoms with Crippen LogP contribution in [0, 0.1) is 0 Å². The van der Waals surface area contributed by atoms with Gasteiger partial charge in [0.25, 0.3) is 23.6 Å². The van der Waals surface area contributed by atoms with Crippen molar-refractivity contribution in [3.8, 4) is 46.0 Å². The van der Waals surface area contributed by atoms with E-state index >= 15 is 19.2 Å². The monoisotopic (exact) mass is 1520 g/mol. The highest BCUT2D eigenvalue weighted by atomic mass is 16.5. The van der Waals surface area contributed by atoms with E-state index in [1.165, 1.54) is 263 Å². The lowest BCUT2D eigenvalue weighted by atomic mass is 9.80. The molecule has 0 bridgehead atoms. The molecule has 0 saturated heterocycles. The van der Waals surface area contributed by atoms with Gasteiger partial charge in [-0.15, -0.1) is 0 Å². The van der Waals surface area contributed by atoms with Crippen LogP contribution in [0.1, 0.15) is 376 Å². The first-order chi connectivity index (χ1) is 54.8. The first kappa shape index (κ1) is 84.7. The van der Waals surface area contributed by atoms with E-state index < -0.39 is 35.7 Å². The van der Waals surface area contributed by atoms with Gasteiger partial charge >= 0.3 is 0 Å². The quantitative estimate of drug-likeness (QED) is 0.0160. The Bertz CT molecular complexity index is 3900. The number of imide groups is 2. The zero-order valence-corrected chi connectivity index (χ0v) is 70.0. The number of carbonyl (C=O) groups excluding carboxylic acids is 4. The van der Waals surface area contributed by atoms with Crippen molar-refractivity contribution in [2.24, 2.45) is 0 Å². The van der Waals surface area contributed by atoms with E-state index in [0.29, 0.717) is 111 Å². The molecule has 2 heterocycles. The zero-order chi connectivity index (χ0) is 78.6. The van der Waals surface area contributed by atoms with Gasteiger partial charge in [-0.2, -0.15) is 0 Å². The van der Waals surface area contributed by atoms with Crippen LogP contribution in [0.5, 0.6) is 46.0 Å². The van der Waals surface area contributed by atoms with Gasteiger partial charge in [0.15, 0.2) is 0 Å². The Morgan fingerprint density at radius 3 is 0.562 bits per heavy atom. The summed E-state index contributed by atoms with van der Waals surface area (Å²) in [5.74, 6) is 1.74. The molecule has 4 amide bonds. The Morgan fingerprint density at radius 2 is 0.393 bits per heavy atom. The molecule has 2 aliphatic rings. The van der Waals surface area contributed by atoms with Crippen molar-refractivity contribution < 1.29 is 38.1 Å². The Hall–Kier alpha value is -8.24. The second-order valence-electron chi connectivity index (χ2n) is 33.5. The summed E-state index contributed by atoms with van der Waals surface area (Å²) in [6.45, 7) is 16.6. The molecule has 11 rings (SSSR count). The van der Waals surface area contributed by atoms with Crippen molar-refractivity contribution in [2.45, 2.75) is 350 Å². The van der Waals surface area contributed by atoms with Crippen molar-refractivity contribution in [1.29, 1.82) is 0 Å². The fourth-order valence-electron chi connectivity index (χ4n) is 17.5. The standard InChI is InChI=1S/C102H134N2O8/c1-9-13-17-21-25-29-33-37-41-45-49-75-53-61-79(62-54-75)109-87-69-83-91-84(100(106)103(73(5)6)99(83)105)71-89(111-81-65-57-77(58-66-81)51-47-43-39-35-31-27-23-19-15-11-3)95-96-90(112-82-67-59-78(60-68-82)52-48-44-40-36-32-28-24-20-16-12-4)72-86-92-85(101(107)104(74(7)8)102(86)108)70-88(94(98(92)96)93(87)97(91)95)110-80-63-55-76(56-64-80)50-46-42-38-34-30-26-22-18-14-10-2/h53-74H,9-52H2,1-8H3. The van der Waals surface area contributed by atoms with Crippen LogP contribution in [0.3, 0.4) is 0 Å². The predicted octanol–water partition coefficient (Wildman–Crippen LogP) is 30.8. The van der Waals surface area contributed by atoms with Gasteiger partial charge in [0.05, 0.1) is 22.3 Å². The molecule has 0 atom stereocenters. The van der Waals surface area contributed by atoms with E-state index in [1.807, 2.05) is 76.2 Å². The molecule has 0 fully saturated rings. The van der Waals surface area contributed by atoms with Gasteiger partial charge < -0.3 is 18.9 Å². The van der Waals surface area contributed by atoms with Crippen molar-refractivity contribution in [2.75, 3.05) is 0 Å². The van der Waals surface area contributed by atoms with E-state index in [0.717, 1.165) is 51.4 Å². The SMILES string of the molecule is CCCCCCCCCCCCc1ccc(Oc2cc3c4c(cc(Oc5ccc(CCCCCCCCCCCC)cc5)c5c6c(Oc7ccc(CCCCCCCCCCCC)cc7)cc7c8c(cc(Oc9ccc(CCCCCCCCCCCC)cc9)c(c2c45)c86)C(=O)N(C(C)C)C7=O)C(=O)N(C(C)C)C3=O)cc1. The van der Waals surface area contributed by atoms with E-state index in [-0.39, 0.29) is 0 Å². The van der Waals surface area contributed by atoms with Crippen LogP contribution in [0.25, 0.3) is 43.1 Å². The Morgan fingerprint density at radius 1 is 0.223 bits per heavy atom. The van der Waals surface area contributed by atoms with Gasteiger partial charge in [0, 0.05) is 55.2 Å². The second-order valence-corrected chi connectivity index (χ2v) is 33.5. The summed E-state index contributed by atoms with van der Waals surface area (Å²) in [6, 6.07) is 39.4. The first-order valence-corrected chi connectivity index (χ1v) is 45.0. The number of aryl methyl sites for hydroxylation is 4. The van der Waals surface area contributed by atoms with Crippen molar-refractivity contribution in [3.63, 3.8) is 0 Å². The molecular weight excluding hydrogens is 1380 g/mol. The lowest BCUT2D eigenvalue weighted by Gasteiger charge is -2.34. The molecule has 0 saturated carbocycles. The summed E-state index contributed by atoms with van der Waals surface area (Å²) in [7, 11) is 0. The molecule has 0 aromatic heterocycles. The van der Waals surface area contributed by atoms with Gasteiger partial charge in [0.2, 0.25) is 0 Å². The van der Waals surface area contributed by atoms with Gasteiger partial charge in [-0.25, -0.2) is 0 Å². The Balaban J connectivity index is 1.06. The summed E-state index contributed by atoms with van der Waals surface area (Å²) in [5.41, 5.74) is 6.04. The summed E-state index contributed by atoms with van der Waals surface area (Å²) >= 11 is 0. The van der Waals surface area contributed by atoms with Gasteiger partial charge in [-0.3, -0.25) is 29.0 Å². The third kappa shape index (κ3) is 22.2. The molecule has 0 aliphatic carbocycles. The van der Waals surface area contributed by atoms with Crippen LogP contribution in [0.15, 0.2) is 121 Å².